The second-order valence-corrected chi connectivity index (χ2v) is 6.92. The summed E-state index contributed by atoms with van der Waals surface area (Å²) in [6.45, 7) is 1.80. The number of carbonyl (C=O) groups excluding carboxylic acids is 1. The van der Waals surface area contributed by atoms with E-state index in [4.69, 9.17) is 0 Å². The van der Waals surface area contributed by atoms with Gasteiger partial charge in [-0.05, 0) is 37.1 Å². The molecule has 1 aliphatic rings. The Labute approximate surface area is 154 Å². The summed E-state index contributed by atoms with van der Waals surface area (Å²) in [4.78, 5) is 22.2. The van der Waals surface area contributed by atoms with Gasteiger partial charge in [0, 0.05) is 19.8 Å². The van der Waals surface area contributed by atoms with Gasteiger partial charge in [0.15, 0.2) is 0 Å². The Morgan fingerprint density at radius 3 is 2.74 bits per heavy atom. The molecule has 1 fully saturated rings. The first-order valence-corrected chi connectivity index (χ1v) is 8.61. The van der Waals surface area contributed by atoms with Crippen LogP contribution in [0.1, 0.15) is 12.0 Å². The lowest BCUT2D eigenvalue weighted by molar-refractivity contribution is -0.117. The van der Waals surface area contributed by atoms with Crippen molar-refractivity contribution in [1.82, 2.24) is 14.5 Å². The van der Waals surface area contributed by atoms with Crippen LogP contribution in [0.15, 0.2) is 30.7 Å². The van der Waals surface area contributed by atoms with Crippen LogP contribution in [0, 0.1) is 18.8 Å². The quantitative estimate of drug-likeness (QED) is 0.713. The molecule has 0 bridgehead atoms. The number of anilines is 3. The maximum Gasteiger partial charge on any atom is 0.230 e. The molecule has 4 rings (SSSR count). The highest BCUT2D eigenvalue weighted by Crippen LogP contribution is 2.37. The Balaban J connectivity index is 1.76. The number of nitrogens with one attached hydrogen (secondary N) is 1. The van der Waals surface area contributed by atoms with Gasteiger partial charge in [-0.3, -0.25) is 4.79 Å². The molecule has 27 heavy (non-hydrogen) atoms. The number of nitrogens with zero attached hydrogens (tertiary/aromatic N) is 4. The summed E-state index contributed by atoms with van der Waals surface area (Å²) < 4.78 is 28.4. The predicted molar refractivity (Wildman–Crippen MR) is 99.3 cm³/mol. The van der Waals surface area contributed by atoms with Gasteiger partial charge in [0.05, 0.1) is 35.3 Å². The van der Waals surface area contributed by atoms with Crippen LogP contribution >= 0.6 is 0 Å². The number of imidazole rings is 1. The van der Waals surface area contributed by atoms with Gasteiger partial charge in [-0.15, -0.1) is 0 Å². The minimum Gasteiger partial charge on any atom is -0.343 e. The Kier molecular flexibility index (Phi) is 4.05. The number of hydrogen-bond donors (Lipinski definition) is 1. The summed E-state index contributed by atoms with van der Waals surface area (Å²) >= 11 is 0. The molecule has 0 unspecified atom stereocenters. The average Bonchev–Trinajstić information content (AvgIpc) is 3.24. The molecular weight excluding hydrogens is 352 g/mol. The number of halogens is 2. The van der Waals surface area contributed by atoms with Crippen molar-refractivity contribution in [2.24, 2.45) is 13.0 Å². The third-order valence-electron chi connectivity index (χ3n) is 4.92. The molecule has 8 heteroatoms. The molecule has 2 heterocycles. The molecule has 1 N–H and O–H groups in total. The van der Waals surface area contributed by atoms with Crippen LogP contribution in [-0.4, -0.2) is 33.7 Å². The van der Waals surface area contributed by atoms with Crippen molar-refractivity contribution >= 4 is 34.0 Å². The number of alkyl halides is 1. The Morgan fingerprint density at radius 2 is 2.07 bits per heavy atom. The minimum absolute atomic E-state index is 0.261. The number of benzene rings is 1. The first kappa shape index (κ1) is 17.4. The van der Waals surface area contributed by atoms with Crippen LogP contribution in [0.4, 0.5) is 25.8 Å². The SMILES string of the molecule is Cc1cc(F)ncc1N(C)c1cc(NC(=O)[C@H]2C[C@H]2F)c2ncn(C)c2c1. The highest BCUT2D eigenvalue weighted by Gasteiger charge is 2.43. The first-order chi connectivity index (χ1) is 12.8. The van der Waals surface area contributed by atoms with E-state index in [2.05, 4.69) is 15.3 Å². The second kappa shape index (κ2) is 6.29. The molecule has 2 aromatic heterocycles. The number of hydrogen-bond acceptors (Lipinski definition) is 4. The highest BCUT2D eigenvalue weighted by molar-refractivity contribution is 6.03. The molecule has 1 aliphatic carbocycles. The van der Waals surface area contributed by atoms with E-state index in [1.54, 1.807) is 19.3 Å². The average molecular weight is 371 g/mol. The molecule has 0 radical (unpaired) electrons. The van der Waals surface area contributed by atoms with Crippen molar-refractivity contribution in [3.05, 3.63) is 42.2 Å². The van der Waals surface area contributed by atoms with Crippen LogP contribution in [0.25, 0.3) is 11.0 Å². The normalized spacial score (nSPS) is 18.6. The second-order valence-electron chi connectivity index (χ2n) is 6.92. The zero-order chi connectivity index (χ0) is 19.3. The number of fused-ring (bicyclic) bond motifs is 1. The summed E-state index contributed by atoms with van der Waals surface area (Å²) in [5.74, 6) is -1.47. The molecule has 0 saturated heterocycles. The number of carbonyl (C=O) groups is 1. The Bertz CT molecular complexity index is 1050. The van der Waals surface area contributed by atoms with Crippen molar-refractivity contribution < 1.29 is 13.6 Å². The number of aromatic nitrogens is 3. The molecule has 0 spiro atoms. The molecular formula is C19H19F2N5O. The lowest BCUT2D eigenvalue weighted by atomic mass is 10.1. The monoisotopic (exact) mass is 371 g/mol. The van der Waals surface area contributed by atoms with E-state index < -0.39 is 18.0 Å². The van der Waals surface area contributed by atoms with E-state index >= 15 is 0 Å². The lowest BCUT2D eigenvalue weighted by Gasteiger charge is -2.22. The van der Waals surface area contributed by atoms with E-state index in [-0.39, 0.29) is 12.3 Å². The molecule has 140 valence electrons. The van der Waals surface area contributed by atoms with E-state index in [9.17, 15) is 13.6 Å². The number of aryl methyl sites for hydroxylation is 2. The summed E-state index contributed by atoms with van der Waals surface area (Å²) in [5, 5.41) is 2.80. The number of pyridine rings is 1. The van der Waals surface area contributed by atoms with Crippen LogP contribution in [0.2, 0.25) is 0 Å². The van der Waals surface area contributed by atoms with Gasteiger partial charge < -0.3 is 14.8 Å². The van der Waals surface area contributed by atoms with Crippen LogP contribution in [0.5, 0.6) is 0 Å². The largest absolute Gasteiger partial charge is 0.343 e. The Hall–Kier alpha value is -3.03. The highest BCUT2D eigenvalue weighted by atomic mass is 19.1. The van der Waals surface area contributed by atoms with Crippen LogP contribution < -0.4 is 10.2 Å². The fourth-order valence-corrected chi connectivity index (χ4v) is 3.17. The van der Waals surface area contributed by atoms with Crippen LogP contribution in [-0.2, 0) is 11.8 Å². The molecule has 1 aromatic carbocycles. The fraction of sp³-hybridized carbons (Fsp3) is 0.316. The lowest BCUT2D eigenvalue weighted by Crippen LogP contribution is -2.17. The third-order valence-corrected chi connectivity index (χ3v) is 4.92. The molecule has 0 aliphatic heterocycles. The van der Waals surface area contributed by atoms with Gasteiger partial charge in [-0.1, -0.05) is 0 Å². The first-order valence-electron chi connectivity index (χ1n) is 8.61. The van der Waals surface area contributed by atoms with Crippen molar-refractivity contribution in [2.45, 2.75) is 19.5 Å². The predicted octanol–water partition coefficient (Wildman–Crippen LogP) is 3.48. The van der Waals surface area contributed by atoms with Gasteiger partial charge in [0.25, 0.3) is 0 Å². The fourth-order valence-electron chi connectivity index (χ4n) is 3.17. The van der Waals surface area contributed by atoms with Gasteiger partial charge >= 0.3 is 0 Å². The third kappa shape index (κ3) is 3.11. The van der Waals surface area contributed by atoms with E-state index in [1.165, 1.54) is 12.3 Å². The number of amides is 1. The van der Waals surface area contributed by atoms with Crippen molar-refractivity contribution in [3.8, 4) is 0 Å². The summed E-state index contributed by atoms with van der Waals surface area (Å²) in [5.41, 5.74) is 4.21. The maximum absolute atomic E-state index is 13.3. The van der Waals surface area contributed by atoms with Gasteiger partial charge in [-0.2, -0.15) is 4.39 Å². The van der Waals surface area contributed by atoms with E-state index in [0.717, 1.165) is 22.5 Å². The van der Waals surface area contributed by atoms with E-state index in [0.29, 0.717) is 11.2 Å². The number of rotatable bonds is 4. The van der Waals surface area contributed by atoms with Gasteiger partial charge in [0.2, 0.25) is 11.9 Å². The summed E-state index contributed by atoms with van der Waals surface area (Å²) in [6.07, 6.45) is 2.32. The van der Waals surface area contributed by atoms with Crippen molar-refractivity contribution in [3.63, 3.8) is 0 Å². The van der Waals surface area contributed by atoms with Crippen molar-refractivity contribution in [2.75, 3.05) is 17.3 Å². The standard InChI is InChI=1S/C19H19F2N5O/c1-10-4-17(21)22-8-16(10)26(3)11-5-14(24-19(27)12-7-13(12)20)18-15(6-11)25(2)9-23-18/h4-6,8-9,12-13H,7H2,1-3H3,(H,24,27)/t12-,13+/m0/s1. The molecule has 6 nitrogen and oxygen atoms in total. The topological polar surface area (TPSA) is 63.1 Å². The maximum atomic E-state index is 13.3. The molecule has 3 aromatic rings. The van der Waals surface area contributed by atoms with E-state index in [1.807, 2.05) is 29.6 Å². The molecule has 1 amide bonds. The van der Waals surface area contributed by atoms with Gasteiger partial charge in [-0.25, -0.2) is 14.4 Å². The zero-order valence-corrected chi connectivity index (χ0v) is 15.2. The van der Waals surface area contributed by atoms with Gasteiger partial charge in [0.1, 0.15) is 11.7 Å². The minimum atomic E-state index is -1.07. The summed E-state index contributed by atoms with van der Waals surface area (Å²) in [7, 11) is 3.69. The summed E-state index contributed by atoms with van der Waals surface area (Å²) in [6, 6.07) is 5.08. The zero-order valence-electron chi connectivity index (χ0n) is 15.2. The Morgan fingerprint density at radius 1 is 1.33 bits per heavy atom. The van der Waals surface area contributed by atoms with Crippen LogP contribution in [0.3, 0.4) is 0 Å². The molecule has 1 saturated carbocycles. The smallest absolute Gasteiger partial charge is 0.230 e. The molecule has 2 atom stereocenters. The van der Waals surface area contributed by atoms with Crippen molar-refractivity contribution in [1.29, 1.82) is 0 Å².